The average Bonchev–Trinajstić information content (AvgIpc) is 2.53. The van der Waals surface area contributed by atoms with Crippen LogP contribution in [0.3, 0.4) is 0 Å². The van der Waals surface area contributed by atoms with E-state index in [0.717, 1.165) is 56.8 Å². The Morgan fingerprint density at radius 1 is 1.33 bits per heavy atom. The SMILES string of the molecule is NC(=S)c1cc2c(nc1NCC1CCOCC1)CCCC2. The van der Waals surface area contributed by atoms with E-state index in [1.165, 1.54) is 24.1 Å². The molecule has 1 fully saturated rings. The van der Waals surface area contributed by atoms with Crippen LogP contribution in [0.5, 0.6) is 0 Å². The first-order chi connectivity index (χ1) is 10.2. The Morgan fingerprint density at radius 3 is 2.86 bits per heavy atom. The van der Waals surface area contributed by atoms with Crippen molar-refractivity contribution < 1.29 is 4.74 Å². The van der Waals surface area contributed by atoms with Gasteiger partial charge in [-0.15, -0.1) is 0 Å². The molecule has 21 heavy (non-hydrogen) atoms. The number of thiocarbonyl (C=S) groups is 1. The second-order valence-electron chi connectivity index (χ2n) is 6.00. The molecule has 1 aromatic rings. The second-order valence-corrected chi connectivity index (χ2v) is 6.44. The Morgan fingerprint density at radius 2 is 2.10 bits per heavy atom. The van der Waals surface area contributed by atoms with Crippen molar-refractivity contribution in [2.45, 2.75) is 38.5 Å². The summed E-state index contributed by atoms with van der Waals surface area (Å²) in [6.07, 6.45) is 6.85. The lowest BCUT2D eigenvalue weighted by atomic mass is 9.94. The van der Waals surface area contributed by atoms with Crippen LogP contribution in [0.2, 0.25) is 0 Å². The highest BCUT2D eigenvalue weighted by Crippen LogP contribution is 2.25. The van der Waals surface area contributed by atoms with Crippen molar-refractivity contribution in [3.05, 3.63) is 22.9 Å². The molecule has 2 aliphatic rings. The summed E-state index contributed by atoms with van der Waals surface area (Å²) in [6, 6.07) is 2.15. The molecule has 3 rings (SSSR count). The Labute approximate surface area is 131 Å². The summed E-state index contributed by atoms with van der Waals surface area (Å²) in [6.45, 7) is 2.66. The van der Waals surface area contributed by atoms with Crippen LogP contribution >= 0.6 is 12.2 Å². The number of anilines is 1. The van der Waals surface area contributed by atoms with E-state index in [1.54, 1.807) is 0 Å². The zero-order valence-electron chi connectivity index (χ0n) is 12.4. The molecule has 1 aliphatic heterocycles. The predicted molar refractivity (Wildman–Crippen MR) is 88.8 cm³/mol. The Kier molecular flexibility index (Phi) is 4.70. The number of ether oxygens (including phenoxy) is 1. The molecule has 5 heteroatoms. The number of hydrogen-bond acceptors (Lipinski definition) is 4. The molecular formula is C16H23N3OS. The third kappa shape index (κ3) is 3.52. The van der Waals surface area contributed by atoms with Crippen LogP contribution in [0.1, 0.15) is 42.5 Å². The van der Waals surface area contributed by atoms with Gasteiger partial charge in [0.25, 0.3) is 0 Å². The maximum atomic E-state index is 5.89. The van der Waals surface area contributed by atoms with Gasteiger partial charge in [-0.05, 0) is 56.1 Å². The number of aryl methyl sites for hydroxylation is 2. The normalized spacial score (nSPS) is 19.0. The molecule has 1 aliphatic carbocycles. The van der Waals surface area contributed by atoms with E-state index in [-0.39, 0.29) is 0 Å². The highest BCUT2D eigenvalue weighted by Gasteiger charge is 2.18. The quantitative estimate of drug-likeness (QED) is 0.837. The molecule has 0 radical (unpaired) electrons. The van der Waals surface area contributed by atoms with Gasteiger partial charge in [0, 0.05) is 25.5 Å². The summed E-state index contributed by atoms with van der Waals surface area (Å²) in [5, 5.41) is 3.48. The predicted octanol–water partition coefficient (Wildman–Crippen LogP) is 2.43. The molecule has 0 unspecified atom stereocenters. The van der Waals surface area contributed by atoms with Crippen LogP contribution < -0.4 is 11.1 Å². The summed E-state index contributed by atoms with van der Waals surface area (Å²) < 4.78 is 5.40. The van der Waals surface area contributed by atoms with Crippen molar-refractivity contribution in [2.75, 3.05) is 25.1 Å². The first kappa shape index (κ1) is 14.7. The van der Waals surface area contributed by atoms with Gasteiger partial charge in [0.1, 0.15) is 10.8 Å². The molecule has 2 heterocycles. The van der Waals surface area contributed by atoms with Gasteiger partial charge >= 0.3 is 0 Å². The van der Waals surface area contributed by atoms with E-state index in [1.807, 2.05) is 0 Å². The number of fused-ring (bicyclic) bond motifs is 1. The average molecular weight is 305 g/mol. The van der Waals surface area contributed by atoms with Crippen molar-refractivity contribution in [2.24, 2.45) is 11.7 Å². The van der Waals surface area contributed by atoms with E-state index in [0.29, 0.717) is 10.9 Å². The van der Waals surface area contributed by atoms with Crippen LogP contribution in [0.4, 0.5) is 5.82 Å². The van der Waals surface area contributed by atoms with Crippen LogP contribution in [0.25, 0.3) is 0 Å². The minimum atomic E-state index is 0.436. The Bertz CT molecular complexity index is 526. The standard InChI is InChI=1S/C16H23N3OS/c17-15(21)13-9-12-3-1-2-4-14(12)19-16(13)18-10-11-5-7-20-8-6-11/h9,11H,1-8,10H2,(H2,17,21)(H,18,19). The Hall–Kier alpha value is -1.20. The van der Waals surface area contributed by atoms with Crippen molar-refractivity contribution >= 4 is 23.0 Å². The van der Waals surface area contributed by atoms with Gasteiger partial charge in [-0.25, -0.2) is 4.98 Å². The van der Waals surface area contributed by atoms with E-state index in [9.17, 15) is 0 Å². The first-order valence-electron chi connectivity index (χ1n) is 7.88. The first-order valence-corrected chi connectivity index (χ1v) is 8.29. The largest absolute Gasteiger partial charge is 0.389 e. The van der Waals surface area contributed by atoms with E-state index in [2.05, 4.69) is 11.4 Å². The highest BCUT2D eigenvalue weighted by atomic mass is 32.1. The Balaban J connectivity index is 1.77. The lowest BCUT2D eigenvalue weighted by Crippen LogP contribution is -2.25. The van der Waals surface area contributed by atoms with Gasteiger partial charge in [0.2, 0.25) is 0 Å². The van der Waals surface area contributed by atoms with Crippen molar-refractivity contribution in [3.8, 4) is 0 Å². The van der Waals surface area contributed by atoms with Crippen LogP contribution in [0, 0.1) is 5.92 Å². The molecule has 0 saturated carbocycles. The molecule has 0 spiro atoms. The van der Waals surface area contributed by atoms with E-state index in [4.69, 9.17) is 27.7 Å². The van der Waals surface area contributed by atoms with Crippen molar-refractivity contribution in [1.29, 1.82) is 0 Å². The smallest absolute Gasteiger partial charge is 0.136 e. The second kappa shape index (κ2) is 6.71. The van der Waals surface area contributed by atoms with E-state index >= 15 is 0 Å². The zero-order chi connectivity index (χ0) is 14.7. The maximum Gasteiger partial charge on any atom is 0.136 e. The molecule has 0 atom stereocenters. The molecule has 0 amide bonds. The monoisotopic (exact) mass is 305 g/mol. The van der Waals surface area contributed by atoms with Gasteiger partial charge in [-0.3, -0.25) is 0 Å². The fourth-order valence-corrected chi connectivity index (χ4v) is 3.30. The lowest BCUT2D eigenvalue weighted by molar-refractivity contribution is 0.0699. The topological polar surface area (TPSA) is 60.2 Å². The number of pyridine rings is 1. The molecule has 0 bridgehead atoms. The fourth-order valence-electron chi connectivity index (χ4n) is 3.15. The van der Waals surface area contributed by atoms with Gasteiger partial charge < -0.3 is 15.8 Å². The minimum absolute atomic E-state index is 0.436. The van der Waals surface area contributed by atoms with Crippen molar-refractivity contribution in [3.63, 3.8) is 0 Å². The summed E-state index contributed by atoms with van der Waals surface area (Å²) in [5.74, 6) is 1.52. The lowest BCUT2D eigenvalue weighted by Gasteiger charge is -2.24. The molecule has 1 saturated heterocycles. The number of rotatable bonds is 4. The molecular weight excluding hydrogens is 282 g/mol. The van der Waals surface area contributed by atoms with Gasteiger partial charge in [-0.1, -0.05) is 12.2 Å². The number of aromatic nitrogens is 1. The highest BCUT2D eigenvalue weighted by molar-refractivity contribution is 7.80. The summed E-state index contributed by atoms with van der Waals surface area (Å²) in [4.78, 5) is 5.24. The zero-order valence-corrected chi connectivity index (χ0v) is 13.2. The van der Waals surface area contributed by atoms with Crippen LogP contribution in [0.15, 0.2) is 6.07 Å². The van der Waals surface area contributed by atoms with Gasteiger partial charge in [-0.2, -0.15) is 0 Å². The van der Waals surface area contributed by atoms with E-state index < -0.39 is 0 Å². The number of hydrogen-bond donors (Lipinski definition) is 2. The van der Waals surface area contributed by atoms with Crippen LogP contribution in [-0.4, -0.2) is 29.7 Å². The molecule has 3 N–H and O–H groups in total. The third-order valence-electron chi connectivity index (χ3n) is 4.47. The van der Waals surface area contributed by atoms with Crippen molar-refractivity contribution in [1.82, 2.24) is 4.98 Å². The van der Waals surface area contributed by atoms with Gasteiger partial charge in [0.15, 0.2) is 0 Å². The summed E-state index contributed by atoms with van der Waals surface area (Å²) >= 11 is 5.20. The number of nitrogens with zero attached hydrogens (tertiary/aromatic N) is 1. The number of nitrogens with one attached hydrogen (secondary N) is 1. The van der Waals surface area contributed by atoms with Crippen LogP contribution in [-0.2, 0) is 17.6 Å². The molecule has 0 aromatic carbocycles. The molecule has 4 nitrogen and oxygen atoms in total. The molecule has 1 aromatic heterocycles. The molecule has 114 valence electrons. The fraction of sp³-hybridized carbons (Fsp3) is 0.625. The third-order valence-corrected chi connectivity index (χ3v) is 4.69. The summed E-state index contributed by atoms with van der Waals surface area (Å²) in [5.41, 5.74) is 9.33. The minimum Gasteiger partial charge on any atom is -0.389 e. The summed E-state index contributed by atoms with van der Waals surface area (Å²) in [7, 11) is 0. The van der Waals surface area contributed by atoms with Gasteiger partial charge in [0.05, 0.1) is 5.56 Å². The number of nitrogens with two attached hydrogens (primary N) is 1. The maximum absolute atomic E-state index is 5.89.